The highest BCUT2D eigenvalue weighted by Crippen LogP contribution is 2.32. The second-order valence-electron chi connectivity index (χ2n) is 6.54. The number of hydrogen-bond acceptors (Lipinski definition) is 4. The summed E-state index contributed by atoms with van der Waals surface area (Å²) in [6.45, 7) is 6.23. The number of methoxy groups -OCH3 is 1. The van der Waals surface area contributed by atoms with E-state index in [9.17, 15) is 4.79 Å². The molecule has 0 unspecified atom stereocenters. The monoisotopic (exact) mass is 364 g/mol. The number of hydrogen-bond donors (Lipinski definition) is 1. The van der Waals surface area contributed by atoms with E-state index >= 15 is 0 Å². The van der Waals surface area contributed by atoms with Crippen LogP contribution in [0.1, 0.15) is 20.8 Å². The average Bonchev–Trinajstić information content (AvgIpc) is 2.68. The fraction of sp³-hybridized carbons (Fsp3) is 0.273. The van der Waals surface area contributed by atoms with Gasteiger partial charge in [-0.05, 0) is 49.4 Å². The summed E-state index contributed by atoms with van der Waals surface area (Å²) in [5.74, 6) is 1.45. The summed E-state index contributed by atoms with van der Waals surface area (Å²) in [4.78, 5) is 16.7. The normalized spacial score (nSPS) is 10.9. The molecule has 1 N–H and O–H groups in total. The number of benzene rings is 2. The molecule has 5 heteroatoms. The Hall–Kier alpha value is -3.08. The first-order chi connectivity index (χ1) is 13.0. The zero-order chi connectivity index (χ0) is 19.4. The molecular formula is C22H24N2O3. The fourth-order valence-corrected chi connectivity index (χ4v) is 2.74. The van der Waals surface area contributed by atoms with Crippen molar-refractivity contribution in [1.29, 1.82) is 0 Å². The van der Waals surface area contributed by atoms with Crippen molar-refractivity contribution in [2.24, 2.45) is 5.92 Å². The molecule has 140 valence electrons. The average molecular weight is 364 g/mol. The van der Waals surface area contributed by atoms with E-state index in [1.807, 2.05) is 69.3 Å². The minimum Gasteiger partial charge on any atom is -0.497 e. The van der Waals surface area contributed by atoms with Crippen LogP contribution in [0.5, 0.6) is 11.5 Å². The zero-order valence-corrected chi connectivity index (χ0v) is 16.1. The quantitative estimate of drug-likeness (QED) is 0.675. The number of aromatic nitrogens is 1. The van der Waals surface area contributed by atoms with Gasteiger partial charge in [0.2, 0.25) is 5.91 Å². The summed E-state index contributed by atoms with van der Waals surface area (Å²) in [6.07, 6.45) is 0. The first-order valence-corrected chi connectivity index (χ1v) is 9.04. The number of carbonyl (C=O) groups is 1. The Bertz CT molecular complexity index is 950. The van der Waals surface area contributed by atoms with Crippen LogP contribution >= 0.6 is 0 Å². The van der Waals surface area contributed by atoms with Crippen LogP contribution in [0, 0.1) is 5.92 Å². The summed E-state index contributed by atoms with van der Waals surface area (Å²) >= 11 is 0. The third-order valence-corrected chi connectivity index (χ3v) is 4.25. The van der Waals surface area contributed by atoms with Crippen molar-refractivity contribution in [1.82, 2.24) is 4.98 Å². The maximum atomic E-state index is 12.0. The molecule has 5 nitrogen and oxygen atoms in total. The van der Waals surface area contributed by atoms with Gasteiger partial charge in [-0.15, -0.1) is 0 Å². The van der Waals surface area contributed by atoms with Crippen LogP contribution in [0.15, 0.2) is 48.5 Å². The van der Waals surface area contributed by atoms with Gasteiger partial charge in [0.1, 0.15) is 11.5 Å². The lowest BCUT2D eigenvalue weighted by molar-refractivity contribution is -0.118. The Labute approximate surface area is 159 Å². The second-order valence-corrected chi connectivity index (χ2v) is 6.54. The van der Waals surface area contributed by atoms with Crippen LogP contribution in [-0.2, 0) is 4.79 Å². The SMILES string of the molecule is CCOc1cc(-c2ccc(OC)cc2)nc2ccc(NC(=O)C(C)C)cc12. The van der Waals surface area contributed by atoms with E-state index in [1.165, 1.54) is 0 Å². The van der Waals surface area contributed by atoms with Crippen molar-refractivity contribution in [2.45, 2.75) is 20.8 Å². The Morgan fingerprint density at radius 2 is 1.85 bits per heavy atom. The van der Waals surface area contributed by atoms with Gasteiger partial charge >= 0.3 is 0 Å². The summed E-state index contributed by atoms with van der Waals surface area (Å²) in [7, 11) is 1.64. The van der Waals surface area contributed by atoms with Gasteiger partial charge in [0, 0.05) is 28.6 Å². The molecule has 27 heavy (non-hydrogen) atoms. The van der Waals surface area contributed by atoms with Gasteiger partial charge < -0.3 is 14.8 Å². The third kappa shape index (κ3) is 4.19. The molecule has 0 fully saturated rings. The van der Waals surface area contributed by atoms with Crippen LogP contribution in [0.25, 0.3) is 22.2 Å². The van der Waals surface area contributed by atoms with E-state index in [-0.39, 0.29) is 11.8 Å². The van der Waals surface area contributed by atoms with Gasteiger partial charge in [0.25, 0.3) is 0 Å². The zero-order valence-electron chi connectivity index (χ0n) is 16.1. The smallest absolute Gasteiger partial charge is 0.226 e. The Morgan fingerprint density at radius 1 is 1.11 bits per heavy atom. The number of anilines is 1. The highest BCUT2D eigenvalue weighted by atomic mass is 16.5. The van der Waals surface area contributed by atoms with Gasteiger partial charge in [-0.1, -0.05) is 13.8 Å². The van der Waals surface area contributed by atoms with Crippen molar-refractivity contribution in [3.63, 3.8) is 0 Å². The molecule has 0 spiro atoms. The molecule has 2 aromatic carbocycles. The van der Waals surface area contributed by atoms with Gasteiger partial charge in [0.05, 0.1) is 24.9 Å². The molecule has 0 atom stereocenters. The van der Waals surface area contributed by atoms with Crippen molar-refractivity contribution in [3.8, 4) is 22.8 Å². The largest absolute Gasteiger partial charge is 0.497 e. The van der Waals surface area contributed by atoms with Crippen molar-refractivity contribution in [2.75, 3.05) is 19.0 Å². The molecule has 3 rings (SSSR count). The maximum absolute atomic E-state index is 12.0. The molecule has 0 aliphatic carbocycles. The number of nitrogens with zero attached hydrogens (tertiary/aromatic N) is 1. The van der Waals surface area contributed by atoms with Gasteiger partial charge in [-0.2, -0.15) is 0 Å². The number of pyridine rings is 1. The van der Waals surface area contributed by atoms with E-state index in [0.717, 1.165) is 39.3 Å². The van der Waals surface area contributed by atoms with Gasteiger partial charge in [0.15, 0.2) is 0 Å². The maximum Gasteiger partial charge on any atom is 0.226 e. The molecule has 1 aromatic heterocycles. The molecule has 0 saturated heterocycles. The summed E-state index contributed by atoms with van der Waals surface area (Å²) < 4.78 is 11.1. The second kappa shape index (κ2) is 8.08. The van der Waals surface area contributed by atoms with Crippen molar-refractivity contribution in [3.05, 3.63) is 48.5 Å². The van der Waals surface area contributed by atoms with Crippen molar-refractivity contribution < 1.29 is 14.3 Å². The Morgan fingerprint density at radius 3 is 2.48 bits per heavy atom. The van der Waals surface area contributed by atoms with Crippen molar-refractivity contribution >= 4 is 22.5 Å². The first-order valence-electron chi connectivity index (χ1n) is 9.04. The third-order valence-electron chi connectivity index (χ3n) is 4.25. The summed E-state index contributed by atoms with van der Waals surface area (Å²) in [5.41, 5.74) is 3.36. The minimum atomic E-state index is -0.0809. The molecule has 0 bridgehead atoms. The Balaban J connectivity index is 2.04. The lowest BCUT2D eigenvalue weighted by Gasteiger charge is -2.13. The number of carbonyl (C=O) groups excluding carboxylic acids is 1. The molecule has 3 aromatic rings. The highest BCUT2D eigenvalue weighted by Gasteiger charge is 2.12. The van der Waals surface area contributed by atoms with E-state index in [0.29, 0.717) is 6.61 Å². The van der Waals surface area contributed by atoms with E-state index in [1.54, 1.807) is 7.11 Å². The first kappa shape index (κ1) is 18.7. The molecule has 1 amide bonds. The molecular weight excluding hydrogens is 340 g/mol. The topological polar surface area (TPSA) is 60.5 Å². The molecule has 0 radical (unpaired) electrons. The lowest BCUT2D eigenvalue weighted by atomic mass is 10.1. The number of ether oxygens (including phenoxy) is 2. The molecule has 1 heterocycles. The number of nitrogens with one attached hydrogen (secondary N) is 1. The molecule has 0 aliphatic heterocycles. The number of fused-ring (bicyclic) bond motifs is 1. The number of rotatable bonds is 6. The van der Waals surface area contributed by atoms with Gasteiger partial charge in [-0.25, -0.2) is 4.98 Å². The summed E-state index contributed by atoms with van der Waals surface area (Å²) in [6, 6.07) is 15.4. The van der Waals surface area contributed by atoms with Crippen LogP contribution < -0.4 is 14.8 Å². The minimum absolute atomic E-state index is 0.0184. The van der Waals surface area contributed by atoms with Crippen LogP contribution in [0.4, 0.5) is 5.69 Å². The molecule has 0 aliphatic rings. The predicted octanol–water partition coefficient (Wildman–Crippen LogP) is 4.90. The predicted molar refractivity (Wildman–Crippen MR) is 108 cm³/mol. The van der Waals surface area contributed by atoms with Crippen LogP contribution in [-0.4, -0.2) is 24.6 Å². The Kier molecular flexibility index (Phi) is 5.60. The lowest BCUT2D eigenvalue weighted by Crippen LogP contribution is -2.17. The fourth-order valence-electron chi connectivity index (χ4n) is 2.74. The van der Waals surface area contributed by atoms with E-state index in [2.05, 4.69) is 5.32 Å². The van der Waals surface area contributed by atoms with E-state index in [4.69, 9.17) is 14.5 Å². The van der Waals surface area contributed by atoms with Gasteiger partial charge in [-0.3, -0.25) is 4.79 Å². The highest BCUT2D eigenvalue weighted by molar-refractivity contribution is 5.96. The van der Waals surface area contributed by atoms with Crippen LogP contribution in [0.3, 0.4) is 0 Å². The molecule has 0 saturated carbocycles. The standard InChI is InChI=1S/C22H24N2O3/c1-5-27-21-13-20(15-6-9-17(26-4)10-7-15)24-19-11-8-16(12-18(19)21)23-22(25)14(2)3/h6-14H,5H2,1-4H3,(H,23,25). The van der Waals surface area contributed by atoms with E-state index < -0.39 is 0 Å². The number of amides is 1. The summed E-state index contributed by atoms with van der Waals surface area (Å²) in [5, 5.41) is 3.80. The van der Waals surface area contributed by atoms with Crippen LogP contribution in [0.2, 0.25) is 0 Å².